The predicted molar refractivity (Wildman–Crippen MR) is 67.6 cm³/mol. The number of hydrogen-bond donors (Lipinski definition) is 2. The van der Waals surface area contributed by atoms with Crippen LogP contribution in [0.4, 0.5) is 0 Å². The van der Waals surface area contributed by atoms with Gasteiger partial charge in [-0.1, -0.05) is 11.6 Å². The van der Waals surface area contributed by atoms with Gasteiger partial charge >= 0.3 is 0 Å². The molecule has 0 bridgehead atoms. The third-order valence-electron chi connectivity index (χ3n) is 3.05. The molecule has 1 aliphatic heterocycles. The number of rotatable bonds is 4. The summed E-state index contributed by atoms with van der Waals surface area (Å²) in [5, 5.41) is 0. The summed E-state index contributed by atoms with van der Waals surface area (Å²) in [4.78, 5) is 1.22. The Balaban J connectivity index is 1.94. The minimum atomic E-state index is 0.223. The number of thiophene rings is 1. The fourth-order valence-electron chi connectivity index (χ4n) is 2.10. The molecule has 2 rings (SSSR count). The number of nitrogens with one attached hydrogen (secondary N) is 1. The van der Waals surface area contributed by atoms with Gasteiger partial charge in [0.05, 0.1) is 10.4 Å². The molecule has 3 N–H and O–H groups in total. The Kier molecular flexibility index (Phi) is 4.61. The molecule has 1 saturated heterocycles. The van der Waals surface area contributed by atoms with Gasteiger partial charge in [-0.15, -0.1) is 11.3 Å². The summed E-state index contributed by atoms with van der Waals surface area (Å²) in [5.41, 5.74) is 2.89. The summed E-state index contributed by atoms with van der Waals surface area (Å²) >= 11 is 7.53. The standard InChI is InChI=1S/C11H17ClN2OS/c12-11-2-1-10(16-11)9(14-13)7-8-3-5-15-6-4-8/h1-2,8-9,14H,3-7,13H2. The lowest BCUT2D eigenvalue weighted by Gasteiger charge is -2.25. The molecule has 1 fully saturated rings. The summed E-state index contributed by atoms with van der Waals surface area (Å²) in [7, 11) is 0. The van der Waals surface area contributed by atoms with Gasteiger partial charge in [-0.25, -0.2) is 0 Å². The second-order valence-electron chi connectivity index (χ2n) is 4.15. The Morgan fingerprint density at radius 2 is 2.25 bits per heavy atom. The molecular formula is C11H17ClN2OS. The first-order valence-electron chi connectivity index (χ1n) is 5.58. The van der Waals surface area contributed by atoms with Crippen LogP contribution in [0.25, 0.3) is 0 Å². The predicted octanol–water partition coefficient (Wildman–Crippen LogP) is 2.72. The number of hydrazine groups is 1. The van der Waals surface area contributed by atoms with Crippen molar-refractivity contribution in [1.29, 1.82) is 0 Å². The van der Waals surface area contributed by atoms with E-state index < -0.39 is 0 Å². The van der Waals surface area contributed by atoms with Crippen LogP contribution in [0.1, 0.15) is 30.2 Å². The van der Waals surface area contributed by atoms with E-state index in [9.17, 15) is 0 Å². The van der Waals surface area contributed by atoms with Crippen LogP contribution in [0.15, 0.2) is 12.1 Å². The highest BCUT2D eigenvalue weighted by Gasteiger charge is 2.20. The van der Waals surface area contributed by atoms with E-state index in [-0.39, 0.29) is 6.04 Å². The van der Waals surface area contributed by atoms with Crippen LogP contribution in [-0.2, 0) is 4.74 Å². The molecule has 3 nitrogen and oxygen atoms in total. The third kappa shape index (κ3) is 3.18. The fraction of sp³-hybridized carbons (Fsp3) is 0.636. The van der Waals surface area contributed by atoms with E-state index in [2.05, 4.69) is 11.5 Å². The molecule has 0 amide bonds. The molecule has 1 aromatic heterocycles. The lowest BCUT2D eigenvalue weighted by Crippen LogP contribution is -2.30. The highest BCUT2D eigenvalue weighted by atomic mass is 35.5. The first-order valence-corrected chi connectivity index (χ1v) is 6.78. The maximum Gasteiger partial charge on any atom is 0.0931 e. The maximum absolute atomic E-state index is 5.93. The van der Waals surface area contributed by atoms with Crippen LogP contribution >= 0.6 is 22.9 Å². The van der Waals surface area contributed by atoms with Gasteiger partial charge in [-0.3, -0.25) is 11.3 Å². The Morgan fingerprint density at radius 1 is 1.50 bits per heavy atom. The summed E-state index contributed by atoms with van der Waals surface area (Å²) in [5.74, 6) is 6.32. The lowest BCUT2D eigenvalue weighted by molar-refractivity contribution is 0.0606. The van der Waals surface area contributed by atoms with Crippen molar-refractivity contribution in [3.63, 3.8) is 0 Å². The van der Waals surface area contributed by atoms with Crippen molar-refractivity contribution in [1.82, 2.24) is 5.43 Å². The first-order chi connectivity index (χ1) is 7.79. The molecule has 1 atom stereocenters. The average Bonchev–Trinajstić information content (AvgIpc) is 2.74. The van der Waals surface area contributed by atoms with Gasteiger partial charge in [0.1, 0.15) is 0 Å². The van der Waals surface area contributed by atoms with Crippen molar-refractivity contribution >= 4 is 22.9 Å². The SMILES string of the molecule is NNC(CC1CCOCC1)c1ccc(Cl)s1. The molecule has 2 heterocycles. The zero-order valence-electron chi connectivity index (χ0n) is 9.12. The molecule has 5 heteroatoms. The van der Waals surface area contributed by atoms with E-state index in [0.717, 1.165) is 36.8 Å². The van der Waals surface area contributed by atoms with Gasteiger partial charge in [-0.2, -0.15) is 0 Å². The van der Waals surface area contributed by atoms with Gasteiger partial charge in [0.15, 0.2) is 0 Å². The third-order valence-corrected chi connectivity index (χ3v) is 4.39. The molecule has 0 spiro atoms. The van der Waals surface area contributed by atoms with Crippen molar-refractivity contribution in [2.24, 2.45) is 11.8 Å². The summed E-state index contributed by atoms with van der Waals surface area (Å²) in [6.45, 7) is 1.76. The van der Waals surface area contributed by atoms with Gasteiger partial charge in [0.2, 0.25) is 0 Å². The normalized spacial score (nSPS) is 19.9. The number of nitrogens with two attached hydrogens (primary N) is 1. The minimum absolute atomic E-state index is 0.223. The summed E-state index contributed by atoms with van der Waals surface area (Å²) in [6.07, 6.45) is 3.34. The molecule has 0 radical (unpaired) electrons. The maximum atomic E-state index is 5.93. The molecule has 0 saturated carbocycles. The van der Waals surface area contributed by atoms with Crippen molar-refractivity contribution in [2.75, 3.05) is 13.2 Å². The summed E-state index contributed by atoms with van der Waals surface area (Å²) in [6, 6.07) is 4.20. The van der Waals surface area contributed by atoms with E-state index in [0.29, 0.717) is 5.92 Å². The van der Waals surface area contributed by atoms with E-state index in [1.807, 2.05) is 6.07 Å². The van der Waals surface area contributed by atoms with Gasteiger partial charge in [0.25, 0.3) is 0 Å². The van der Waals surface area contributed by atoms with Crippen molar-refractivity contribution in [2.45, 2.75) is 25.3 Å². The number of ether oxygens (including phenoxy) is 1. The molecule has 90 valence electrons. The fourth-order valence-corrected chi connectivity index (χ4v) is 3.23. The largest absolute Gasteiger partial charge is 0.381 e. The Hall–Kier alpha value is -0.130. The second kappa shape index (κ2) is 5.98. The Morgan fingerprint density at radius 3 is 2.81 bits per heavy atom. The van der Waals surface area contributed by atoms with Crippen LogP contribution in [0.3, 0.4) is 0 Å². The first kappa shape index (κ1) is 12.3. The number of halogens is 1. The highest BCUT2D eigenvalue weighted by Crippen LogP contribution is 2.32. The van der Waals surface area contributed by atoms with E-state index in [1.165, 1.54) is 4.88 Å². The quantitative estimate of drug-likeness (QED) is 0.646. The molecule has 1 aromatic rings. The molecule has 1 aliphatic rings. The van der Waals surface area contributed by atoms with Gasteiger partial charge < -0.3 is 4.74 Å². The zero-order chi connectivity index (χ0) is 11.4. The Bertz CT molecular complexity index is 326. The summed E-state index contributed by atoms with van der Waals surface area (Å²) < 4.78 is 6.18. The molecule has 16 heavy (non-hydrogen) atoms. The van der Waals surface area contributed by atoms with E-state index >= 15 is 0 Å². The van der Waals surface area contributed by atoms with E-state index in [1.54, 1.807) is 11.3 Å². The molecule has 0 aromatic carbocycles. The minimum Gasteiger partial charge on any atom is -0.381 e. The average molecular weight is 261 g/mol. The van der Waals surface area contributed by atoms with Crippen LogP contribution in [0.2, 0.25) is 4.34 Å². The van der Waals surface area contributed by atoms with Crippen LogP contribution in [-0.4, -0.2) is 13.2 Å². The van der Waals surface area contributed by atoms with Crippen molar-refractivity contribution < 1.29 is 4.74 Å². The van der Waals surface area contributed by atoms with Crippen LogP contribution in [0, 0.1) is 5.92 Å². The van der Waals surface area contributed by atoms with Crippen LogP contribution in [0.5, 0.6) is 0 Å². The van der Waals surface area contributed by atoms with Crippen molar-refractivity contribution in [3.8, 4) is 0 Å². The smallest absolute Gasteiger partial charge is 0.0931 e. The zero-order valence-corrected chi connectivity index (χ0v) is 10.7. The Labute approximate surface area is 105 Å². The lowest BCUT2D eigenvalue weighted by atomic mass is 9.92. The molecule has 1 unspecified atom stereocenters. The van der Waals surface area contributed by atoms with E-state index in [4.69, 9.17) is 22.2 Å². The van der Waals surface area contributed by atoms with Gasteiger partial charge in [0, 0.05) is 18.1 Å². The monoisotopic (exact) mass is 260 g/mol. The topological polar surface area (TPSA) is 47.3 Å². The van der Waals surface area contributed by atoms with Crippen molar-refractivity contribution in [3.05, 3.63) is 21.3 Å². The number of hydrogen-bond acceptors (Lipinski definition) is 4. The molecular weight excluding hydrogens is 244 g/mol. The highest BCUT2D eigenvalue weighted by molar-refractivity contribution is 7.16. The second-order valence-corrected chi connectivity index (χ2v) is 5.90. The van der Waals surface area contributed by atoms with Crippen LogP contribution < -0.4 is 11.3 Å². The molecule has 0 aliphatic carbocycles. The van der Waals surface area contributed by atoms with Gasteiger partial charge in [-0.05, 0) is 37.3 Å².